The Hall–Kier alpha value is -1.09. The molecule has 1 saturated carbocycles. The molecule has 1 aliphatic rings. The Morgan fingerprint density at radius 1 is 1.26 bits per heavy atom. The zero-order chi connectivity index (χ0) is 18.8. The largest absolute Gasteiger partial charge is 0.356 e. The lowest BCUT2D eigenvalue weighted by molar-refractivity contribution is -0.127. The number of hydrogen-bond donors (Lipinski definition) is 2. The average Bonchev–Trinajstić information content (AvgIpc) is 2.65. The molecule has 1 aromatic rings. The maximum Gasteiger partial charge on any atom is 0.243 e. The van der Waals surface area contributed by atoms with Gasteiger partial charge >= 0.3 is 0 Å². The van der Waals surface area contributed by atoms with E-state index in [0.717, 1.165) is 25.1 Å². The first-order valence-electron chi connectivity index (χ1n) is 9.37. The summed E-state index contributed by atoms with van der Waals surface area (Å²) in [6.07, 6.45) is 9.12. The van der Waals surface area contributed by atoms with Crippen molar-refractivity contribution in [2.75, 3.05) is 33.7 Å². The number of halogens is 2. The summed E-state index contributed by atoms with van der Waals surface area (Å²) >= 11 is 5.82. The molecule has 1 heterocycles. The Balaban J connectivity index is 0.00000364. The minimum absolute atomic E-state index is 0. The van der Waals surface area contributed by atoms with Crippen molar-refractivity contribution >= 4 is 47.4 Å². The van der Waals surface area contributed by atoms with Gasteiger partial charge in [-0.25, -0.2) is 9.98 Å². The topological polar surface area (TPSA) is 69.6 Å². The highest BCUT2D eigenvalue weighted by atomic mass is 127. The molecule has 0 spiro atoms. The number of rotatable bonds is 7. The lowest BCUT2D eigenvalue weighted by atomic mass is 9.89. The van der Waals surface area contributed by atoms with E-state index in [1.807, 2.05) is 6.07 Å². The van der Waals surface area contributed by atoms with E-state index in [4.69, 9.17) is 11.6 Å². The van der Waals surface area contributed by atoms with Crippen LogP contribution in [0.3, 0.4) is 0 Å². The molecule has 0 aliphatic heterocycles. The fourth-order valence-corrected chi connectivity index (χ4v) is 3.09. The molecule has 0 atom stereocenters. The Bertz CT molecular complexity index is 588. The number of nitrogens with zero attached hydrogens (tertiary/aromatic N) is 3. The predicted molar refractivity (Wildman–Crippen MR) is 122 cm³/mol. The van der Waals surface area contributed by atoms with Crippen LogP contribution in [0.1, 0.15) is 37.7 Å². The van der Waals surface area contributed by atoms with Gasteiger partial charge in [0.05, 0.1) is 0 Å². The van der Waals surface area contributed by atoms with Crippen molar-refractivity contribution in [1.29, 1.82) is 0 Å². The molecule has 152 valence electrons. The van der Waals surface area contributed by atoms with Crippen molar-refractivity contribution in [3.8, 4) is 0 Å². The molecule has 0 aromatic carbocycles. The molecule has 6 nitrogen and oxygen atoms in total. The summed E-state index contributed by atoms with van der Waals surface area (Å²) in [5.41, 5.74) is 1.11. The lowest BCUT2D eigenvalue weighted by Gasteiger charge is -2.23. The number of nitrogens with one attached hydrogen (secondary N) is 2. The Morgan fingerprint density at radius 3 is 2.63 bits per heavy atom. The predicted octanol–water partition coefficient (Wildman–Crippen LogP) is 3.10. The molecular formula is C19H31ClIN5O. The van der Waals surface area contributed by atoms with Gasteiger partial charge in [0, 0.05) is 33.4 Å². The molecule has 1 aliphatic carbocycles. The Morgan fingerprint density at radius 2 is 2.00 bits per heavy atom. The molecule has 0 bridgehead atoms. The fraction of sp³-hybridized carbons (Fsp3) is 0.632. The fourth-order valence-electron chi connectivity index (χ4n) is 2.97. The summed E-state index contributed by atoms with van der Waals surface area (Å²) in [7, 11) is 3.49. The maximum atomic E-state index is 11.8. The van der Waals surface area contributed by atoms with Crippen molar-refractivity contribution in [3.05, 3.63) is 29.0 Å². The highest BCUT2D eigenvalue weighted by molar-refractivity contribution is 14.0. The van der Waals surface area contributed by atoms with E-state index in [2.05, 4.69) is 20.6 Å². The number of aliphatic imine (C=N–C) groups is 1. The quantitative estimate of drug-likeness (QED) is 0.258. The van der Waals surface area contributed by atoms with Crippen LogP contribution in [-0.4, -0.2) is 55.5 Å². The maximum absolute atomic E-state index is 11.8. The number of carbonyl (C=O) groups is 1. The second-order valence-electron chi connectivity index (χ2n) is 7.00. The molecule has 2 rings (SSSR count). The minimum atomic E-state index is -0.00864. The van der Waals surface area contributed by atoms with Crippen molar-refractivity contribution in [3.63, 3.8) is 0 Å². The van der Waals surface area contributed by atoms with Crippen LogP contribution in [0.5, 0.6) is 0 Å². The average molecular weight is 508 g/mol. The molecule has 27 heavy (non-hydrogen) atoms. The third-order valence-corrected chi connectivity index (χ3v) is 4.87. The van der Waals surface area contributed by atoms with Gasteiger partial charge in [0.25, 0.3) is 0 Å². The number of carbonyl (C=O) groups excluding carboxylic acids is 1. The van der Waals surface area contributed by atoms with Crippen LogP contribution in [0, 0.1) is 5.92 Å². The monoisotopic (exact) mass is 507 g/mol. The second kappa shape index (κ2) is 13.1. The molecule has 1 aromatic heterocycles. The van der Waals surface area contributed by atoms with Crippen LogP contribution in [0.15, 0.2) is 23.3 Å². The van der Waals surface area contributed by atoms with Gasteiger partial charge in [-0.15, -0.1) is 24.0 Å². The first kappa shape index (κ1) is 23.9. The first-order chi connectivity index (χ1) is 12.5. The SMILES string of the molecule is CN(C)C(=O)CN=C(NCCc1ccc(Cl)nc1)NCC1CCCCC1.I. The van der Waals surface area contributed by atoms with Gasteiger partial charge in [-0.2, -0.15) is 0 Å². The van der Waals surface area contributed by atoms with Crippen molar-refractivity contribution in [1.82, 2.24) is 20.5 Å². The van der Waals surface area contributed by atoms with E-state index in [0.29, 0.717) is 17.0 Å². The van der Waals surface area contributed by atoms with E-state index in [9.17, 15) is 4.79 Å². The van der Waals surface area contributed by atoms with Crippen LogP contribution in [0.2, 0.25) is 5.15 Å². The van der Waals surface area contributed by atoms with Gasteiger partial charge in [0.15, 0.2) is 5.96 Å². The third kappa shape index (κ3) is 9.60. The van der Waals surface area contributed by atoms with Crippen LogP contribution in [0.4, 0.5) is 0 Å². The zero-order valence-corrected chi connectivity index (χ0v) is 19.3. The smallest absolute Gasteiger partial charge is 0.243 e. The van der Waals surface area contributed by atoms with Gasteiger partial charge in [0.2, 0.25) is 5.91 Å². The molecule has 1 amide bonds. The minimum Gasteiger partial charge on any atom is -0.356 e. The number of pyridine rings is 1. The molecule has 2 N–H and O–H groups in total. The van der Waals surface area contributed by atoms with Gasteiger partial charge < -0.3 is 15.5 Å². The van der Waals surface area contributed by atoms with E-state index in [-0.39, 0.29) is 36.4 Å². The Kier molecular flexibility index (Phi) is 11.7. The third-order valence-electron chi connectivity index (χ3n) is 4.65. The van der Waals surface area contributed by atoms with Crippen LogP contribution in [0.25, 0.3) is 0 Å². The molecular weight excluding hydrogens is 477 g/mol. The molecule has 1 fully saturated rings. The number of amides is 1. The summed E-state index contributed by atoms with van der Waals surface area (Å²) in [6, 6.07) is 3.77. The van der Waals surface area contributed by atoms with Gasteiger partial charge in [-0.05, 0) is 36.8 Å². The van der Waals surface area contributed by atoms with E-state index in [1.54, 1.807) is 31.3 Å². The Labute approximate surface area is 184 Å². The summed E-state index contributed by atoms with van der Waals surface area (Å²) in [6.45, 7) is 1.77. The van der Waals surface area contributed by atoms with E-state index < -0.39 is 0 Å². The molecule has 0 radical (unpaired) electrons. The first-order valence-corrected chi connectivity index (χ1v) is 9.75. The number of aromatic nitrogens is 1. The number of likely N-dealkylation sites (N-methyl/N-ethyl adjacent to an activating group) is 1. The van der Waals surface area contributed by atoms with Crippen molar-refractivity contribution in [2.45, 2.75) is 38.5 Å². The number of hydrogen-bond acceptors (Lipinski definition) is 3. The zero-order valence-electron chi connectivity index (χ0n) is 16.2. The van der Waals surface area contributed by atoms with Crippen molar-refractivity contribution in [2.24, 2.45) is 10.9 Å². The molecule has 0 saturated heterocycles. The van der Waals surface area contributed by atoms with Crippen molar-refractivity contribution < 1.29 is 4.79 Å². The van der Waals surface area contributed by atoms with Crippen LogP contribution in [-0.2, 0) is 11.2 Å². The van der Waals surface area contributed by atoms with Gasteiger partial charge in [-0.3, -0.25) is 4.79 Å². The molecule has 8 heteroatoms. The summed E-state index contributed by atoms with van der Waals surface area (Å²) in [5, 5.41) is 7.23. The standard InChI is InChI=1S/C19H30ClN5O.HI/c1-25(2)18(26)14-24-19(23-13-15-6-4-3-5-7-15)21-11-10-16-8-9-17(20)22-12-16;/h8-9,12,15H,3-7,10-11,13-14H2,1-2H3,(H2,21,23,24);1H. The number of guanidine groups is 1. The van der Waals surface area contributed by atoms with Crippen LogP contribution < -0.4 is 10.6 Å². The van der Waals surface area contributed by atoms with E-state index >= 15 is 0 Å². The van der Waals surface area contributed by atoms with E-state index in [1.165, 1.54) is 32.1 Å². The highest BCUT2D eigenvalue weighted by Crippen LogP contribution is 2.22. The molecule has 0 unspecified atom stereocenters. The summed E-state index contributed by atoms with van der Waals surface area (Å²) in [5.74, 6) is 1.39. The summed E-state index contributed by atoms with van der Waals surface area (Å²) in [4.78, 5) is 21.9. The second-order valence-corrected chi connectivity index (χ2v) is 7.39. The lowest BCUT2D eigenvalue weighted by Crippen LogP contribution is -2.41. The normalized spacial score (nSPS) is 15.0. The van der Waals surface area contributed by atoms with Gasteiger partial charge in [-0.1, -0.05) is 36.9 Å². The highest BCUT2D eigenvalue weighted by Gasteiger charge is 2.14. The summed E-state index contributed by atoms with van der Waals surface area (Å²) < 4.78 is 0. The van der Waals surface area contributed by atoms with Crippen LogP contribution >= 0.6 is 35.6 Å². The van der Waals surface area contributed by atoms with Gasteiger partial charge in [0.1, 0.15) is 11.7 Å².